The molecule has 0 unspecified atom stereocenters. The molecule has 0 saturated carbocycles. The second-order valence-corrected chi connectivity index (χ2v) is 3.56. The van der Waals surface area contributed by atoms with E-state index in [4.69, 9.17) is 0 Å². The van der Waals surface area contributed by atoms with Crippen molar-refractivity contribution in [3.8, 4) is 0 Å². The summed E-state index contributed by atoms with van der Waals surface area (Å²) in [6.07, 6.45) is 5.81. The van der Waals surface area contributed by atoms with Crippen LogP contribution in [0.15, 0.2) is 24.7 Å². The van der Waals surface area contributed by atoms with Gasteiger partial charge in [-0.25, -0.2) is 9.97 Å². The molecular weight excluding hydrogens is 172 g/mol. The first-order valence-corrected chi connectivity index (χ1v) is 5.01. The minimum absolute atomic E-state index is 1.04. The molecule has 2 heteroatoms. The summed E-state index contributed by atoms with van der Waals surface area (Å²) in [5.74, 6) is 0. The molecule has 0 aliphatic carbocycles. The van der Waals surface area contributed by atoms with Crippen molar-refractivity contribution in [1.29, 1.82) is 0 Å². The summed E-state index contributed by atoms with van der Waals surface area (Å²) in [6, 6.07) is 4.25. The lowest BCUT2D eigenvalue weighted by molar-refractivity contribution is 0.915. The van der Waals surface area contributed by atoms with Gasteiger partial charge in [0.15, 0.2) is 0 Å². The average molecular weight is 186 g/mol. The fraction of sp³-hybridized carbons (Fsp3) is 0.333. The van der Waals surface area contributed by atoms with Crippen LogP contribution in [0.5, 0.6) is 0 Å². The Bertz CT molecular complexity index is 449. The van der Waals surface area contributed by atoms with E-state index in [0.717, 1.165) is 11.9 Å². The molecule has 0 saturated heterocycles. The van der Waals surface area contributed by atoms with E-state index >= 15 is 0 Å². The van der Waals surface area contributed by atoms with E-state index < -0.39 is 0 Å². The monoisotopic (exact) mass is 186 g/mol. The first kappa shape index (κ1) is 9.13. The standard InChI is InChI=1S/C12H14N2/c1-3-4-10-5-6-12-11(9(10)2)7-13-8-14-12/h5-8H,3-4H2,1-2H3. The Balaban J connectivity index is 2.63. The molecule has 0 bridgehead atoms. The molecule has 72 valence electrons. The number of hydrogen-bond donors (Lipinski definition) is 0. The zero-order valence-corrected chi connectivity index (χ0v) is 8.62. The molecule has 1 aromatic heterocycles. The highest BCUT2D eigenvalue weighted by molar-refractivity contribution is 5.82. The van der Waals surface area contributed by atoms with Crippen LogP contribution in [0.1, 0.15) is 24.5 Å². The van der Waals surface area contributed by atoms with Crippen LogP contribution in [-0.4, -0.2) is 9.97 Å². The van der Waals surface area contributed by atoms with Crippen LogP contribution in [0.4, 0.5) is 0 Å². The van der Waals surface area contributed by atoms with Crippen molar-refractivity contribution in [2.45, 2.75) is 26.7 Å². The average Bonchev–Trinajstić information content (AvgIpc) is 2.23. The molecule has 0 amide bonds. The highest BCUT2D eigenvalue weighted by Crippen LogP contribution is 2.20. The van der Waals surface area contributed by atoms with Gasteiger partial charge in [0.25, 0.3) is 0 Å². The van der Waals surface area contributed by atoms with Gasteiger partial charge in [0.2, 0.25) is 0 Å². The molecule has 0 spiro atoms. The predicted molar refractivity (Wildman–Crippen MR) is 58.3 cm³/mol. The summed E-state index contributed by atoms with van der Waals surface area (Å²) < 4.78 is 0. The molecule has 0 fully saturated rings. The molecule has 2 rings (SSSR count). The number of fused-ring (bicyclic) bond motifs is 1. The molecule has 1 heterocycles. The maximum Gasteiger partial charge on any atom is 0.116 e. The molecule has 2 aromatic rings. The van der Waals surface area contributed by atoms with E-state index in [2.05, 4.69) is 35.9 Å². The van der Waals surface area contributed by atoms with Gasteiger partial charge >= 0.3 is 0 Å². The first-order valence-electron chi connectivity index (χ1n) is 5.01. The minimum atomic E-state index is 1.04. The van der Waals surface area contributed by atoms with Crippen molar-refractivity contribution in [1.82, 2.24) is 9.97 Å². The van der Waals surface area contributed by atoms with E-state index in [1.54, 1.807) is 6.33 Å². The van der Waals surface area contributed by atoms with Gasteiger partial charge in [0.05, 0.1) is 5.52 Å². The van der Waals surface area contributed by atoms with Gasteiger partial charge < -0.3 is 0 Å². The SMILES string of the molecule is CCCc1ccc2ncncc2c1C. The lowest BCUT2D eigenvalue weighted by atomic mass is 10.0. The minimum Gasteiger partial charge on any atom is -0.244 e. The largest absolute Gasteiger partial charge is 0.244 e. The number of benzene rings is 1. The second kappa shape index (κ2) is 3.74. The van der Waals surface area contributed by atoms with Gasteiger partial charge in [-0.05, 0) is 30.5 Å². The third-order valence-electron chi connectivity index (χ3n) is 2.59. The normalized spacial score (nSPS) is 10.7. The van der Waals surface area contributed by atoms with Gasteiger partial charge in [-0.1, -0.05) is 19.4 Å². The van der Waals surface area contributed by atoms with Crippen molar-refractivity contribution >= 4 is 10.9 Å². The van der Waals surface area contributed by atoms with E-state index in [9.17, 15) is 0 Å². The van der Waals surface area contributed by atoms with Crippen molar-refractivity contribution < 1.29 is 0 Å². The molecule has 0 N–H and O–H groups in total. The highest BCUT2D eigenvalue weighted by Gasteiger charge is 2.02. The second-order valence-electron chi connectivity index (χ2n) is 3.56. The third-order valence-corrected chi connectivity index (χ3v) is 2.59. The summed E-state index contributed by atoms with van der Waals surface area (Å²) in [6.45, 7) is 4.35. The molecule has 0 atom stereocenters. The smallest absolute Gasteiger partial charge is 0.116 e. The lowest BCUT2D eigenvalue weighted by Gasteiger charge is -2.06. The Morgan fingerprint density at radius 1 is 1.29 bits per heavy atom. The van der Waals surface area contributed by atoms with Crippen LogP contribution >= 0.6 is 0 Å². The number of aryl methyl sites for hydroxylation is 2. The van der Waals surface area contributed by atoms with Crippen molar-refractivity contribution in [2.24, 2.45) is 0 Å². The quantitative estimate of drug-likeness (QED) is 0.720. The van der Waals surface area contributed by atoms with E-state index in [-0.39, 0.29) is 0 Å². The van der Waals surface area contributed by atoms with Crippen LogP contribution in [0.3, 0.4) is 0 Å². The zero-order valence-electron chi connectivity index (χ0n) is 8.62. The summed E-state index contributed by atoms with van der Waals surface area (Å²) in [5.41, 5.74) is 3.78. The van der Waals surface area contributed by atoms with Crippen LogP contribution in [-0.2, 0) is 6.42 Å². The van der Waals surface area contributed by atoms with Gasteiger partial charge in [-0.3, -0.25) is 0 Å². The van der Waals surface area contributed by atoms with E-state index in [0.29, 0.717) is 0 Å². The number of aromatic nitrogens is 2. The van der Waals surface area contributed by atoms with Crippen LogP contribution in [0.2, 0.25) is 0 Å². The number of hydrogen-bond acceptors (Lipinski definition) is 2. The predicted octanol–water partition coefficient (Wildman–Crippen LogP) is 2.89. The molecule has 2 nitrogen and oxygen atoms in total. The molecule has 14 heavy (non-hydrogen) atoms. The molecular formula is C12H14N2. The van der Waals surface area contributed by atoms with Crippen molar-refractivity contribution in [2.75, 3.05) is 0 Å². The summed E-state index contributed by atoms with van der Waals surface area (Å²) >= 11 is 0. The molecule has 1 aromatic carbocycles. The number of rotatable bonds is 2. The van der Waals surface area contributed by atoms with Crippen LogP contribution < -0.4 is 0 Å². The first-order chi connectivity index (χ1) is 6.83. The number of nitrogens with zero attached hydrogens (tertiary/aromatic N) is 2. The molecule has 0 aliphatic rings. The Morgan fingerprint density at radius 2 is 2.14 bits per heavy atom. The van der Waals surface area contributed by atoms with Gasteiger partial charge in [-0.2, -0.15) is 0 Å². The van der Waals surface area contributed by atoms with Gasteiger partial charge in [0.1, 0.15) is 6.33 Å². The third kappa shape index (κ3) is 1.48. The highest BCUT2D eigenvalue weighted by atomic mass is 14.8. The fourth-order valence-corrected chi connectivity index (χ4v) is 1.78. The summed E-state index contributed by atoms with van der Waals surface area (Å²) in [7, 11) is 0. The Labute approximate surface area is 84.0 Å². The van der Waals surface area contributed by atoms with Gasteiger partial charge in [0, 0.05) is 11.6 Å². The van der Waals surface area contributed by atoms with Crippen molar-refractivity contribution in [3.05, 3.63) is 35.8 Å². The van der Waals surface area contributed by atoms with Crippen molar-refractivity contribution in [3.63, 3.8) is 0 Å². The maximum absolute atomic E-state index is 4.23. The fourth-order valence-electron chi connectivity index (χ4n) is 1.78. The van der Waals surface area contributed by atoms with E-state index in [1.165, 1.54) is 22.9 Å². The zero-order chi connectivity index (χ0) is 9.97. The summed E-state index contributed by atoms with van der Waals surface area (Å²) in [5, 5.41) is 1.18. The Hall–Kier alpha value is -1.44. The Morgan fingerprint density at radius 3 is 2.93 bits per heavy atom. The van der Waals surface area contributed by atoms with Crippen LogP contribution in [0, 0.1) is 6.92 Å². The lowest BCUT2D eigenvalue weighted by Crippen LogP contribution is -1.91. The molecule has 0 radical (unpaired) electrons. The Kier molecular flexibility index (Phi) is 2.44. The maximum atomic E-state index is 4.23. The topological polar surface area (TPSA) is 25.8 Å². The van der Waals surface area contributed by atoms with E-state index in [1.807, 2.05) is 6.20 Å². The van der Waals surface area contributed by atoms with Crippen LogP contribution in [0.25, 0.3) is 10.9 Å². The molecule has 0 aliphatic heterocycles. The van der Waals surface area contributed by atoms with Gasteiger partial charge in [-0.15, -0.1) is 0 Å². The summed E-state index contributed by atoms with van der Waals surface area (Å²) in [4.78, 5) is 8.30.